The zero-order valence-electron chi connectivity index (χ0n) is 16.3. The summed E-state index contributed by atoms with van der Waals surface area (Å²) in [5.41, 5.74) is -0.0616. The quantitative estimate of drug-likeness (QED) is 0.683. The molecule has 0 radical (unpaired) electrons. The molecule has 0 saturated carbocycles. The number of halogens is 4. The first-order valence-electron chi connectivity index (χ1n) is 9.21. The van der Waals surface area contributed by atoms with Gasteiger partial charge < -0.3 is 4.90 Å². The number of nitrogens with zero attached hydrogens (tertiary/aromatic N) is 1. The van der Waals surface area contributed by atoms with Crippen LogP contribution in [0.4, 0.5) is 28.9 Å². The van der Waals surface area contributed by atoms with Gasteiger partial charge in [-0.3, -0.25) is 9.52 Å². The molecule has 0 fully saturated rings. The van der Waals surface area contributed by atoms with Crippen molar-refractivity contribution in [1.29, 1.82) is 0 Å². The molecule has 2 aromatic carbocycles. The van der Waals surface area contributed by atoms with E-state index >= 15 is 0 Å². The topological polar surface area (TPSA) is 66.5 Å². The molecule has 5 nitrogen and oxygen atoms in total. The largest absolute Gasteiger partial charge is 0.416 e. The third-order valence-corrected chi connectivity index (χ3v) is 6.16. The molecule has 2 aromatic rings. The van der Waals surface area contributed by atoms with Crippen molar-refractivity contribution in [3.05, 3.63) is 58.9 Å². The van der Waals surface area contributed by atoms with Gasteiger partial charge in [0.2, 0.25) is 15.9 Å². The second kappa shape index (κ2) is 7.90. The lowest BCUT2D eigenvalue weighted by atomic mass is 9.90. The van der Waals surface area contributed by atoms with Gasteiger partial charge in [0.15, 0.2) is 0 Å². The van der Waals surface area contributed by atoms with Gasteiger partial charge in [-0.25, -0.2) is 12.8 Å². The molecule has 0 aromatic heterocycles. The van der Waals surface area contributed by atoms with Crippen LogP contribution in [0.3, 0.4) is 0 Å². The lowest BCUT2D eigenvalue weighted by molar-refractivity contribution is -0.137. The van der Waals surface area contributed by atoms with Gasteiger partial charge >= 0.3 is 6.18 Å². The SMILES string of the molecule is CCN1C(=O)CC(C)c2cc(NS(=O)(=O)Cc3ccc(C(F)(F)F)cc3)cc(F)c21. The summed E-state index contributed by atoms with van der Waals surface area (Å²) in [4.78, 5) is 13.5. The minimum absolute atomic E-state index is 0.00425. The van der Waals surface area contributed by atoms with Gasteiger partial charge in [-0.1, -0.05) is 19.1 Å². The van der Waals surface area contributed by atoms with Crippen molar-refractivity contribution in [3.63, 3.8) is 0 Å². The van der Waals surface area contributed by atoms with Crippen LogP contribution >= 0.6 is 0 Å². The van der Waals surface area contributed by atoms with Crippen LogP contribution in [0.25, 0.3) is 0 Å². The fourth-order valence-electron chi connectivity index (χ4n) is 3.51. The molecule has 0 saturated heterocycles. The summed E-state index contributed by atoms with van der Waals surface area (Å²) in [6.07, 6.45) is -4.33. The highest BCUT2D eigenvalue weighted by atomic mass is 32.2. The fraction of sp³-hybridized carbons (Fsp3) is 0.350. The molecule has 1 aliphatic heterocycles. The number of amides is 1. The van der Waals surface area contributed by atoms with Gasteiger partial charge in [-0.05, 0) is 42.2 Å². The Bertz CT molecular complexity index is 1070. The molecule has 1 amide bonds. The maximum atomic E-state index is 14.7. The van der Waals surface area contributed by atoms with Crippen LogP contribution in [-0.4, -0.2) is 20.9 Å². The van der Waals surface area contributed by atoms with Crippen LogP contribution in [0.2, 0.25) is 0 Å². The summed E-state index contributed by atoms with van der Waals surface area (Å²) in [6.45, 7) is 3.76. The predicted molar refractivity (Wildman–Crippen MR) is 105 cm³/mol. The Morgan fingerprint density at radius 1 is 1.17 bits per heavy atom. The van der Waals surface area contributed by atoms with Gasteiger partial charge in [0.05, 0.1) is 22.7 Å². The van der Waals surface area contributed by atoms with Gasteiger partial charge in [0, 0.05) is 19.0 Å². The number of anilines is 2. The van der Waals surface area contributed by atoms with Crippen molar-refractivity contribution in [3.8, 4) is 0 Å². The molecule has 162 valence electrons. The molecule has 0 bridgehead atoms. The molecule has 1 atom stereocenters. The standard InChI is InChI=1S/C20H20F4N2O3S/c1-3-26-18(27)8-12(2)16-9-15(10-17(21)19(16)26)25-30(28,29)11-13-4-6-14(7-5-13)20(22,23)24/h4-7,9-10,12,25H,3,8,11H2,1-2H3. The van der Waals surface area contributed by atoms with E-state index in [0.29, 0.717) is 5.56 Å². The number of hydrogen-bond acceptors (Lipinski definition) is 3. The van der Waals surface area contributed by atoms with E-state index in [2.05, 4.69) is 4.72 Å². The smallest absolute Gasteiger partial charge is 0.310 e. The molecule has 1 heterocycles. The average Bonchev–Trinajstić information content (AvgIpc) is 2.61. The predicted octanol–water partition coefficient (Wildman–Crippen LogP) is 4.65. The number of alkyl halides is 3. The molecule has 0 spiro atoms. The molecule has 3 rings (SSSR count). The first kappa shape index (κ1) is 22.1. The number of benzene rings is 2. The van der Waals surface area contributed by atoms with Crippen LogP contribution in [0.5, 0.6) is 0 Å². The molecule has 1 aliphatic rings. The summed E-state index contributed by atoms with van der Waals surface area (Å²) in [5.74, 6) is -1.78. The molecular weight excluding hydrogens is 424 g/mol. The second-order valence-electron chi connectivity index (χ2n) is 7.19. The number of sulfonamides is 1. The van der Waals surface area contributed by atoms with Crippen LogP contribution in [0, 0.1) is 5.82 Å². The number of carbonyl (C=O) groups excluding carboxylic acids is 1. The minimum Gasteiger partial charge on any atom is -0.310 e. The van der Waals surface area contributed by atoms with E-state index in [4.69, 9.17) is 0 Å². The van der Waals surface area contributed by atoms with Crippen molar-refractivity contribution >= 4 is 27.3 Å². The first-order chi connectivity index (χ1) is 13.9. The Balaban J connectivity index is 1.84. The third kappa shape index (κ3) is 4.58. The van der Waals surface area contributed by atoms with Gasteiger partial charge in [-0.2, -0.15) is 13.2 Å². The van der Waals surface area contributed by atoms with Crippen molar-refractivity contribution in [2.75, 3.05) is 16.2 Å². The zero-order chi connectivity index (χ0) is 22.3. The van der Waals surface area contributed by atoms with Crippen LogP contribution in [0.15, 0.2) is 36.4 Å². The van der Waals surface area contributed by atoms with Gasteiger partial charge in [-0.15, -0.1) is 0 Å². The van der Waals surface area contributed by atoms with Gasteiger partial charge in [0.1, 0.15) is 5.82 Å². The number of nitrogens with one attached hydrogen (secondary N) is 1. The normalized spacial score (nSPS) is 17.1. The maximum Gasteiger partial charge on any atom is 0.416 e. The van der Waals surface area contributed by atoms with E-state index in [-0.39, 0.29) is 41.7 Å². The highest BCUT2D eigenvalue weighted by molar-refractivity contribution is 7.91. The molecular formula is C20H20F4N2O3S. The highest BCUT2D eigenvalue weighted by Gasteiger charge is 2.32. The number of carbonyl (C=O) groups is 1. The molecule has 0 aliphatic carbocycles. The van der Waals surface area contributed by atoms with Crippen molar-refractivity contribution in [2.45, 2.75) is 38.1 Å². The van der Waals surface area contributed by atoms with Crippen molar-refractivity contribution < 1.29 is 30.8 Å². The Kier molecular flexibility index (Phi) is 5.81. The third-order valence-electron chi connectivity index (χ3n) is 4.90. The van der Waals surface area contributed by atoms with Crippen molar-refractivity contribution in [2.24, 2.45) is 0 Å². The minimum atomic E-state index is -4.51. The van der Waals surface area contributed by atoms with E-state index in [0.717, 1.165) is 30.3 Å². The molecule has 1 N–H and O–H groups in total. The Labute approximate surface area is 171 Å². The Hall–Kier alpha value is -2.62. The average molecular weight is 444 g/mol. The number of hydrogen-bond donors (Lipinski definition) is 1. The maximum absolute atomic E-state index is 14.7. The molecule has 30 heavy (non-hydrogen) atoms. The zero-order valence-corrected chi connectivity index (χ0v) is 17.1. The van der Waals surface area contributed by atoms with Crippen LogP contribution in [-0.2, 0) is 26.7 Å². The summed E-state index contributed by atoms with van der Waals surface area (Å²) in [6, 6.07) is 6.27. The summed E-state index contributed by atoms with van der Waals surface area (Å²) in [5, 5.41) is 0. The second-order valence-corrected chi connectivity index (χ2v) is 8.92. The number of rotatable bonds is 5. The summed E-state index contributed by atoms with van der Waals surface area (Å²) < 4.78 is 79.9. The fourth-order valence-corrected chi connectivity index (χ4v) is 4.69. The Morgan fingerprint density at radius 2 is 1.80 bits per heavy atom. The lowest BCUT2D eigenvalue weighted by Gasteiger charge is -2.32. The summed E-state index contributed by atoms with van der Waals surface area (Å²) in [7, 11) is -4.01. The van der Waals surface area contributed by atoms with Crippen LogP contribution < -0.4 is 9.62 Å². The van der Waals surface area contributed by atoms with Gasteiger partial charge in [0.25, 0.3) is 0 Å². The monoisotopic (exact) mass is 444 g/mol. The number of fused-ring (bicyclic) bond motifs is 1. The van der Waals surface area contributed by atoms with E-state index < -0.39 is 33.3 Å². The lowest BCUT2D eigenvalue weighted by Crippen LogP contribution is -2.36. The van der Waals surface area contributed by atoms with E-state index in [1.165, 1.54) is 11.0 Å². The van der Waals surface area contributed by atoms with Crippen molar-refractivity contribution in [1.82, 2.24) is 0 Å². The summed E-state index contributed by atoms with van der Waals surface area (Å²) >= 11 is 0. The first-order valence-corrected chi connectivity index (χ1v) is 10.9. The highest BCUT2D eigenvalue weighted by Crippen LogP contribution is 2.39. The Morgan fingerprint density at radius 3 is 2.37 bits per heavy atom. The van der Waals surface area contributed by atoms with E-state index in [9.17, 15) is 30.8 Å². The van der Waals surface area contributed by atoms with E-state index in [1.807, 2.05) is 0 Å². The molecule has 1 unspecified atom stereocenters. The van der Waals surface area contributed by atoms with Crippen LogP contribution in [0.1, 0.15) is 42.9 Å². The van der Waals surface area contributed by atoms with E-state index in [1.54, 1.807) is 13.8 Å². The molecule has 10 heteroatoms.